The van der Waals surface area contributed by atoms with Crippen molar-refractivity contribution in [1.82, 2.24) is 0 Å². The molecule has 1 aliphatic rings. The summed E-state index contributed by atoms with van der Waals surface area (Å²) < 4.78 is 36.6. The van der Waals surface area contributed by atoms with Gasteiger partial charge in [-0.25, -0.2) is 4.39 Å². The summed E-state index contributed by atoms with van der Waals surface area (Å²) in [6.45, 7) is 8.06. The average molecular weight is 344 g/mol. The molecule has 0 saturated carbocycles. The van der Waals surface area contributed by atoms with Gasteiger partial charge in [-0.05, 0) is 57.4 Å². The molecule has 0 amide bonds. The van der Waals surface area contributed by atoms with E-state index in [-0.39, 0.29) is 17.0 Å². The van der Waals surface area contributed by atoms with E-state index in [4.69, 9.17) is 18.8 Å². The fourth-order valence-corrected chi connectivity index (χ4v) is 2.57. The molecule has 0 aliphatic carbocycles. The van der Waals surface area contributed by atoms with Gasteiger partial charge in [0, 0.05) is 0 Å². The molecule has 0 radical (unpaired) electrons. The monoisotopic (exact) mass is 344 g/mol. The van der Waals surface area contributed by atoms with Crippen molar-refractivity contribution in [2.24, 2.45) is 0 Å². The summed E-state index contributed by atoms with van der Waals surface area (Å²) in [5.41, 5.74) is 0.126. The van der Waals surface area contributed by atoms with Gasteiger partial charge in [-0.1, -0.05) is 18.2 Å². The van der Waals surface area contributed by atoms with Gasteiger partial charge in [0.05, 0.1) is 18.3 Å². The fourth-order valence-electron chi connectivity index (χ4n) is 2.57. The Morgan fingerprint density at radius 1 is 0.920 bits per heavy atom. The van der Waals surface area contributed by atoms with E-state index in [1.807, 2.05) is 39.8 Å². The van der Waals surface area contributed by atoms with Crippen molar-refractivity contribution in [3.63, 3.8) is 0 Å². The third-order valence-corrected chi connectivity index (χ3v) is 4.77. The first-order chi connectivity index (χ1) is 11.7. The van der Waals surface area contributed by atoms with Crippen LogP contribution in [0.4, 0.5) is 4.39 Å². The summed E-state index contributed by atoms with van der Waals surface area (Å²) in [4.78, 5) is 0. The number of hydrogen-bond donors (Lipinski definition) is 0. The van der Waals surface area contributed by atoms with Crippen LogP contribution in [0.25, 0.3) is 0 Å². The molecule has 0 N–H and O–H groups in total. The van der Waals surface area contributed by atoms with Crippen molar-refractivity contribution < 1.29 is 23.2 Å². The van der Waals surface area contributed by atoms with Crippen molar-refractivity contribution in [1.29, 1.82) is 0 Å². The van der Waals surface area contributed by atoms with Crippen LogP contribution in [0.5, 0.6) is 17.2 Å². The number of methoxy groups -OCH3 is 1. The molecule has 6 heteroatoms. The number of halogens is 1. The van der Waals surface area contributed by atoms with Crippen LogP contribution in [0.2, 0.25) is 0 Å². The second-order valence-corrected chi connectivity index (χ2v) is 7.03. The van der Waals surface area contributed by atoms with Gasteiger partial charge < -0.3 is 18.8 Å². The van der Waals surface area contributed by atoms with Gasteiger partial charge in [-0.2, -0.15) is 0 Å². The van der Waals surface area contributed by atoms with Gasteiger partial charge in [0.25, 0.3) is 0 Å². The summed E-state index contributed by atoms with van der Waals surface area (Å²) in [6, 6.07) is 11.9. The van der Waals surface area contributed by atoms with Crippen molar-refractivity contribution >= 4 is 12.6 Å². The molecule has 0 atom stereocenters. The molecule has 0 unspecified atom stereocenters. The lowest BCUT2D eigenvalue weighted by molar-refractivity contribution is 0.00578. The SMILES string of the molecule is COc1c(F)cccc1Oc1ccc(B2OC(C)(C)C(C)(C)O2)cc1. The molecule has 1 fully saturated rings. The van der Waals surface area contributed by atoms with Crippen LogP contribution in [0.1, 0.15) is 27.7 Å². The van der Waals surface area contributed by atoms with Gasteiger partial charge >= 0.3 is 7.12 Å². The second kappa shape index (κ2) is 6.35. The Morgan fingerprint density at radius 2 is 1.52 bits per heavy atom. The molecule has 0 spiro atoms. The van der Waals surface area contributed by atoms with Crippen molar-refractivity contribution in [3.8, 4) is 17.2 Å². The van der Waals surface area contributed by atoms with E-state index >= 15 is 0 Å². The summed E-state index contributed by atoms with van der Waals surface area (Å²) in [5, 5.41) is 0. The fraction of sp³-hybridized carbons (Fsp3) is 0.368. The highest BCUT2D eigenvalue weighted by Crippen LogP contribution is 2.37. The minimum atomic E-state index is -0.464. The highest BCUT2D eigenvalue weighted by Gasteiger charge is 2.51. The lowest BCUT2D eigenvalue weighted by Gasteiger charge is -2.32. The zero-order valence-electron chi connectivity index (χ0n) is 15.1. The van der Waals surface area contributed by atoms with Crippen molar-refractivity contribution in [2.45, 2.75) is 38.9 Å². The summed E-state index contributed by atoms with van der Waals surface area (Å²) in [5.74, 6) is 0.515. The zero-order valence-corrected chi connectivity index (χ0v) is 15.1. The Morgan fingerprint density at radius 3 is 2.08 bits per heavy atom. The van der Waals surface area contributed by atoms with Gasteiger partial charge in [0.1, 0.15) is 5.75 Å². The Hall–Kier alpha value is -2.05. The Kier molecular flexibility index (Phi) is 4.52. The molecule has 25 heavy (non-hydrogen) atoms. The molecule has 2 aromatic rings. The standard InChI is InChI=1S/C19H22BFO4/c1-18(2)19(3,4)25-20(24-18)13-9-11-14(12-10-13)23-16-8-6-7-15(21)17(16)22-5/h6-12H,1-5H3. The second-order valence-electron chi connectivity index (χ2n) is 7.03. The lowest BCUT2D eigenvalue weighted by atomic mass is 9.79. The predicted molar refractivity (Wildman–Crippen MR) is 95.2 cm³/mol. The van der Waals surface area contributed by atoms with Gasteiger partial charge in [-0.3, -0.25) is 0 Å². The summed E-state index contributed by atoms with van der Waals surface area (Å²) in [6.07, 6.45) is 0. The molecule has 1 heterocycles. The number of benzene rings is 2. The highest BCUT2D eigenvalue weighted by molar-refractivity contribution is 6.62. The Balaban J connectivity index is 1.77. The maximum atomic E-state index is 13.7. The number of ether oxygens (including phenoxy) is 2. The number of para-hydroxylation sites is 1. The normalized spacial score (nSPS) is 18.2. The minimum Gasteiger partial charge on any atom is -0.490 e. The van der Waals surface area contributed by atoms with Crippen LogP contribution in [0.3, 0.4) is 0 Å². The van der Waals surface area contributed by atoms with Gasteiger partial charge in [-0.15, -0.1) is 0 Å². The molecule has 0 aromatic heterocycles. The van der Waals surface area contributed by atoms with Crippen molar-refractivity contribution in [2.75, 3.05) is 7.11 Å². The quantitative estimate of drug-likeness (QED) is 0.788. The number of hydrogen-bond acceptors (Lipinski definition) is 4. The third kappa shape index (κ3) is 3.37. The Labute approximate surface area is 148 Å². The zero-order chi connectivity index (χ0) is 18.2. The van der Waals surface area contributed by atoms with Crippen LogP contribution in [0.15, 0.2) is 42.5 Å². The van der Waals surface area contributed by atoms with Gasteiger partial charge in [0.15, 0.2) is 17.3 Å². The van der Waals surface area contributed by atoms with E-state index in [0.29, 0.717) is 11.5 Å². The molecule has 2 aromatic carbocycles. The summed E-state index contributed by atoms with van der Waals surface area (Å²) >= 11 is 0. The highest BCUT2D eigenvalue weighted by atomic mass is 19.1. The van der Waals surface area contributed by atoms with Crippen LogP contribution < -0.4 is 14.9 Å². The summed E-state index contributed by atoms with van der Waals surface area (Å²) in [7, 11) is 0.981. The molecule has 1 saturated heterocycles. The minimum absolute atomic E-state index is 0.0811. The maximum absolute atomic E-state index is 13.7. The molecule has 132 valence electrons. The van der Waals surface area contributed by atoms with Crippen LogP contribution in [0, 0.1) is 5.82 Å². The van der Waals surface area contributed by atoms with E-state index < -0.39 is 12.9 Å². The maximum Gasteiger partial charge on any atom is 0.494 e. The molecular formula is C19H22BFO4. The molecule has 0 bridgehead atoms. The van der Waals surface area contributed by atoms with E-state index in [1.54, 1.807) is 24.3 Å². The number of rotatable bonds is 4. The first-order valence-electron chi connectivity index (χ1n) is 8.19. The van der Waals surface area contributed by atoms with Crippen molar-refractivity contribution in [3.05, 3.63) is 48.3 Å². The average Bonchev–Trinajstić information content (AvgIpc) is 2.76. The van der Waals surface area contributed by atoms with Crippen LogP contribution in [-0.4, -0.2) is 25.4 Å². The van der Waals surface area contributed by atoms with E-state index in [1.165, 1.54) is 13.2 Å². The molecule has 3 rings (SSSR count). The smallest absolute Gasteiger partial charge is 0.490 e. The first-order valence-corrected chi connectivity index (χ1v) is 8.19. The largest absolute Gasteiger partial charge is 0.494 e. The van der Waals surface area contributed by atoms with Crippen LogP contribution in [-0.2, 0) is 9.31 Å². The molecule has 1 aliphatic heterocycles. The van der Waals surface area contributed by atoms with E-state index in [9.17, 15) is 4.39 Å². The molecule has 4 nitrogen and oxygen atoms in total. The lowest BCUT2D eigenvalue weighted by Crippen LogP contribution is -2.41. The Bertz CT molecular complexity index is 743. The third-order valence-electron chi connectivity index (χ3n) is 4.77. The van der Waals surface area contributed by atoms with E-state index in [0.717, 1.165) is 5.46 Å². The predicted octanol–water partition coefficient (Wildman–Crippen LogP) is 3.93. The topological polar surface area (TPSA) is 36.9 Å². The first kappa shape index (κ1) is 17.8. The van der Waals surface area contributed by atoms with E-state index in [2.05, 4.69) is 0 Å². The van der Waals surface area contributed by atoms with Crippen LogP contribution >= 0.6 is 0 Å². The molecular weight excluding hydrogens is 322 g/mol. The van der Waals surface area contributed by atoms with Gasteiger partial charge in [0.2, 0.25) is 0 Å².